The van der Waals surface area contributed by atoms with Crippen molar-refractivity contribution >= 4 is 112 Å². The van der Waals surface area contributed by atoms with Gasteiger partial charge in [-0.3, -0.25) is 62.5 Å². The Kier molecular flexibility index (Phi) is 35.6. The van der Waals surface area contributed by atoms with Crippen molar-refractivity contribution in [2.45, 2.75) is 162 Å². The first kappa shape index (κ1) is 87.2. The third kappa shape index (κ3) is 26.9. The van der Waals surface area contributed by atoms with Crippen LogP contribution in [0.1, 0.15) is 106 Å². The summed E-state index contributed by atoms with van der Waals surface area (Å²) in [6.07, 6.45) is -0.246. The summed E-state index contributed by atoms with van der Waals surface area (Å²) in [4.78, 5) is 189. The number of nitrogens with one attached hydrogen (secondary N) is 11. The molecule has 3 aromatic carbocycles. The molecule has 590 valence electrons. The fourth-order valence-electron chi connectivity index (χ4n) is 11.6. The number of benzene rings is 3. The van der Waals surface area contributed by atoms with Gasteiger partial charge in [-0.2, -0.15) is 9.78 Å². The van der Waals surface area contributed by atoms with Crippen LogP contribution >= 0.6 is 11.8 Å². The molecule has 3 heterocycles. The van der Waals surface area contributed by atoms with Crippen LogP contribution in [0.2, 0.25) is 0 Å². The van der Waals surface area contributed by atoms with E-state index < -0.39 is 158 Å². The highest BCUT2D eigenvalue weighted by molar-refractivity contribution is 7.99. The van der Waals surface area contributed by atoms with Gasteiger partial charge in [0, 0.05) is 54.4 Å². The number of aliphatic hydroxyl groups is 2. The normalized spacial score (nSPS) is 19.8. The number of fused-ring (bicyclic) bond motifs is 1. The van der Waals surface area contributed by atoms with E-state index in [2.05, 4.69) is 63.5 Å². The molecule has 12 amide bonds. The summed E-state index contributed by atoms with van der Waals surface area (Å²) in [7, 11) is 1.51. The average Bonchev–Trinajstić information content (AvgIpc) is 1.63. The molecule has 0 spiro atoms. The molecule has 1 aliphatic rings. The Labute approximate surface area is 634 Å². The Hall–Kier alpha value is -10.8. The van der Waals surface area contributed by atoms with Crippen LogP contribution in [0.15, 0.2) is 107 Å². The lowest BCUT2D eigenvalue weighted by Gasteiger charge is -2.28. The number of pyridine rings is 1. The van der Waals surface area contributed by atoms with E-state index in [4.69, 9.17) is 32.8 Å². The number of ether oxygens (including phenoxy) is 1. The summed E-state index contributed by atoms with van der Waals surface area (Å²) in [5, 5.41) is 55.6. The summed E-state index contributed by atoms with van der Waals surface area (Å²) in [6.45, 7) is 4.03. The highest BCUT2D eigenvalue weighted by Crippen LogP contribution is 2.34. The lowest BCUT2D eigenvalue weighted by molar-refractivity contribution is -0.136. The minimum atomic E-state index is -1.79. The largest absolute Gasteiger partial charge is 0.466 e. The molecule has 36 heteroatoms. The van der Waals surface area contributed by atoms with E-state index in [1.165, 1.54) is 37.6 Å². The second-order valence-electron chi connectivity index (χ2n) is 26.2. The van der Waals surface area contributed by atoms with E-state index in [0.717, 1.165) is 4.68 Å². The third-order valence-corrected chi connectivity index (χ3v) is 18.4. The first-order chi connectivity index (χ1) is 52.2. The van der Waals surface area contributed by atoms with Crippen LogP contribution in [0.3, 0.4) is 0 Å². The van der Waals surface area contributed by atoms with Crippen LogP contribution in [0.5, 0.6) is 0 Å². The highest BCUT2D eigenvalue weighted by Gasteiger charge is 2.38. The SMILES string of the molecule is CNC(=O)c1ccccc1Sc1ccc2c(/C=C/c3ccccn3)nn(C(=O)N(CCOC=O)CCC(=O)N[C@H](C(=O)N[C@H](CCCN)C(=O)N[C@H]3CCNC(=O)[C@@H]([C@@H](C)O)NC(=O)[C@@H](CCN)NC(=O)[C@@H](CCN)NC(=O)[C@@H](CC(C)C)NC(=O)[C@@H](Cc4ccccc4)NC(=O)[C@@H](CCN)NC3=O)[C@@H](C)O)c2c1. The molecule has 0 radical (unpaired) electrons. The number of hydrogen-bond acceptors (Lipinski definition) is 23. The van der Waals surface area contributed by atoms with Gasteiger partial charge in [0.1, 0.15) is 61.0 Å². The zero-order chi connectivity index (χ0) is 79.7. The maximum Gasteiger partial charge on any atom is 0.345 e. The van der Waals surface area contributed by atoms with Gasteiger partial charge >= 0.3 is 6.03 Å². The standard InChI is InChI=1S/C73H101N19O16S/c1-42(2)38-56-69(103)83-52(24-30-75)65(99)82-54(26-32-77)68(102)89-61(43(3)94)71(105)80-34-27-55(67(101)81-53(25-31-76)66(100)87-57(70(104)86-56)39-45-14-7-6-8-15-45)84-64(98)51(18-13-29-74)85-72(106)62(44(4)95)88-60(96)28-35-91(36-37-108-41-93)73(107)92-58-40-47(109-59-19-10-9-17-49(59)63(97)78-5)21-22-48(58)50(90-92)23-20-46-16-11-12-33-79-46/h6-12,14-17,19-23,33,40-44,51-57,61-62,94-95H,13,18,24-32,34-39,74-77H2,1-5H3,(H,78,97)(H,80,105)(H,81,101)(H,82,99)(H,83,103)(H,84,98)(H,85,106)(H,86,104)(H,87,100)(H,88,96)(H,89,102)/b23-20+/t43-,44-,51-,52-,53-,54-,55+,56-,57-,61-,62+/m1/s1. The van der Waals surface area contributed by atoms with E-state index in [1.54, 1.807) is 123 Å². The average molecular weight is 1530 g/mol. The second-order valence-corrected chi connectivity index (χ2v) is 27.3. The van der Waals surface area contributed by atoms with Gasteiger partial charge < -0.3 is 101 Å². The number of aliphatic hydroxyl groups excluding tert-OH is 2. The minimum absolute atomic E-state index is 0.0206. The molecule has 1 fully saturated rings. The van der Waals surface area contributed by atoms with Crippen LogP contribution in [0.25, 0.3) is 23.1 Å². The number of nitrogens with two attached hydrogens (primary N) is 4. The number of carbonyl (C=O) groups excluding carboxylic acids is 13. The minimum Gasteiger partial charge on any atom is -0.466 e. The second kappa shape index (κ2) is 44.5. The molecule has 11 atom stereocenters. The first-order valence-corrected chi connectivity index (χ1v) is 36.7. The van der Waals surface area contributed by atoms with Crippen molar-refractivity contribution < 1.29 is 77.3 Å². The van der Waals surface area contributed by atoms with Gasteiger partial charge in [0.2, 0.25) is 59.1 Å². The number of amides is 12. The molecule has 1 aliphatic heterocycles. The van der Waals surface area contributed by atoms with Gasteiger partial charge in [0.25, 0.3) is 12.4 Å². The Balaban J connectivity index is 1.29. The topological polar surface area (TPSA) is 542 Å². The van der Waals surface area contributed by atoms with Gasteiger partial charge in [-0.25, -0.2) is 4.79 Å². The van der Waals surface area contributed by atoms with Gasteiger partial charge in [-0.05, 0) is 151 Å². The molecule has 109 heavy (non-hydrogen) atoms. The zero-order valence-corrected chi connectivity index (χ0v) is 62.4. The molecule has 0 unspecified atom stereocenters. The first-order valence-electron chi connectivity index (χ1n) is 35.9. The number of hydrogen-bond donors (Lipinski definition) is 17. The van der Waals surface area contributed by atoms with Crippen LogP contribution < -0.4 is 81.4 Å². The van der Waals surface area contributed by atoms with Gasteiger partial charge in [-0.1, -0.05) is 74.1 Å². The third-order valence-electron chi connectivity index (χ3n) is 17.3. The fraction of sp³-hybridized carbons (Fsp3) is 0.466. The number of aromatic nitrogens is 3. The molecule has 5 aromatic rings. The van der Waals surface area contributed by atoms with Crippen molar-refractivity contribution in [3.63, 3.8) is 0 Å². The monoisotopic (exact) mass is 1530 g/mol. The van der Waals surface area contributed by atoms with Crippen LogP contribution in [-0.4, -0.2) is 233 Å². The van der Waals surface area contributed by atoms with Crippen LogP contribution in [-0.2, 0) is 63.9 Å². The molecule has 21 N–H and O–H groups in total. The van der Waals surface area contributed by atoms with Crippen molar-refractivity contribution in [3.8, 4) is 0 Å². The van der Waals surface area contributed by atoms with Crippen molar-refractivity contribution in [2.24, 2.45) is 28.9 Å². The molecule has 0 aliphatic carbocycles. The summed E-state index contributed by atoms with van der Waals surface area (Å²) in [6, 6.07) is 11.2. The maximum absolute atomic E-state index is 14.9. The van der Waals surface area contributed by atoms with Gasteiger partial charge in [0.05, 0.1) is 41.2 Å². The van der Waals surface area contributed by atoms with Crippen molar-refractivity contribution in [3.05, 3.63) is 120 Å². The number of rotatable bonds is 32. The van der Waals surface area contributed by atoms with E-state index in [1.807, 2.05) is 0 Å². The lowest BCUT2D eigenvalue weighted by atomic mass is 10.00. The summed E-state index contributed by atoms with van der Waals surface area (Å²) >= 11 is 1.26. The molecular formula is C73H101N19O16S. The summed E-state index contributed by atoms with van der Waals surface area (Å²) < 4.78 is 6.10. The van der Waals surface area contributed by atoms with E-state index in [9.17, 15) is 72.5 Å². The molecular weight excluding hydrogens is 1430 g/mol. The van der Waals surface area contributed by atoms with Crippen molar-refractivity contribution in [2.75, 3.05) is 59.5 Å². The summed E-state index contributed by atoms with van der Waals surface area (Å²) in [5.74, 6) is -10.2. The van der Waals surface area contributed by atoms with E-state index in [-0.39, 0.29) is 103 Å². The number of nitrogens with zero attached hydrogens (tertiary/aromatic N) is 4. The van der Waals surface area contributed by atoms with E-state index >= 15 is 0 Å². The Morgan fingerprint density at radius 3 is 1.90 bits per heavy atom. The summed E-state index contributed by atoms with van der Waals surface area (Å²) in [5.41, 5.74) is 25.9. The smallest absolute Gasteiger partial charge is 0.345 e. The molecule has 0 bridgehead atoms. The van der Waals surface area contributed by atoms with Gasteiger partial charge in [-0.15, -0.1) is 0 Å². The van der Waals surface area contributed by atoms with Crippen LogP contribution in [0.4, 0.5) is 4.79 Å². The quantitative estimate of drug-likeness (QED) is 0.0159. The lowest BCUT2D eigenvalue weighted by Crippen LogP contribution is -2.61. The van der Waals surface area contributed by atoms with E-state index in [0.29, 0.717) is 43.2 Å². The molecule has 2 aromatic heterocycles. The zero-order valence-electron chi connectivity index (χ0n) is 61.5. The van der Waals surface area contributed by atoms with Crippen molar-refractivity contribution in [1.82, 2.24) is 78.1 Å². The number of carbonyl (C=O) groups is 13. The van der Waals surface area contributed by atoms with Crippen molar-refractivity contribution in [1.29, 1.82) is 0 Å². The molecule has 35 nitrogen and oxygen atoms in total. The Bertz CT molecular complexity index is 3960. The van der Waals surface area contributed by atoms with Gasteiger partial charge in [0.15, 0.2) is 0 Å². The Morgan fingerprint density at radius 1 is 0.688 bits per heavy atom. The highest BCUT2D eigenvalue weighted by atomic mass is 32.2. The fourth-order valence-corrected chi connectivity index (χ4v) is 12.5. The molecule has 0 saturated carbocycles. The molecule has 6 rings (SSSR count). The predicted molar refractivity (Wildman–Crippen MR) is 403 cm³/mol. The van der Waals surface area contributed by atoms with Crippen LogP contribution in [0, 0.1) is 5.92 Å². The molecule has 1 saturated heterocycles. The Morgan fingerprint density at radius 2 is 1.29 bits per heavy atom. The predicted octanol–water partition coefficient (Wildman–Crippen LogP) is -2.34. The maximum atomic E-state index is 14.9.